The van der Waals surface area contributed by atoms with Gasteiger partial charge in [-0.05, 0) is 13.8 Å². The van der Waals surface area contributed by atoms with E-state index in [-0.39, 0.29) is 0 Å². The highest BCUT2D eigenvalue weighted by Gasteiger charge is 2.35. The Bertz CT molecular complexity index is 209. The number of hydrogen-bond acceptors (Lipinski definition) is 4. The molecule has 0 aliphatic carbocycles. The third-order valence-corrected chi connectivity index (χ3v) is 5.79. The van der Waals surface area contributed by atoms with E-state index in [1.807, 2.05) is 26.0 Å². The van der Waals surface area contributed by atoms with Crippen LogP contribution < -0.4 is 0 Å². The highest BCUT2D eigenvalue weighted by atomic mass is 28.4. The van der Waals surface area contributed by atoms with Gasteiger partial charge in [-0.3, -0.25) is 0 Å². The van der Waals surface area contributed by atoms with Crippen LogP contribution in [0.2, 0.25) is 12.1 Å². The first-order valence-corrected chi connectivity index (χ1v) is 9.13. The fraction of sp³-hybridized carbons (Fsp3) is 0.714. The van der Waals surface area contributed by atoms with E-state index < -0.39 is 8.56 Å². The molecule has 0 unspecified atom stereocenters. The fourth-order valence-electron chi connectivity index (χ4n) is 1.66. The van der Waals surface area contributed by atoms with Crippen molar-refractivity contribution in [2.45, 2.75) is 25.9 Å². The van der Waals surface area contributed by atoms with Crippen LogP contribution in [0.1, 0.15) is 13.8 Å². The predicted molar refractivity (Wildman–Crippen MR) is 80.7 cm³/mol. The molecule has 0 heterocycles. The van der Waals surface area contributed by atoms with E-state index in [1.54, 1.807) is 0 Å². The lowest BCUT2D eigenvalue weighted by Crippen LogP contribution is -2.43. The molecule has 19 heavy (non-hydrogen) atoms. The summed E-state index contributed by atoms with van der Waals surface area (Å²) in [6.45, 7) is 15.2. The number of ether oxygens (including phenoxy) is 2. The van der Waals surface area contributed by atoms with Crippen molar-refractivity contribution >= 4 is 8.56 Å². The lowest BCUT2D eigenvalue weighted by atomic mass is 10.7. The van der Waals surface area contributed by atoms with Crippen molar-refractivity contribution in [3.8, 4) is 0 Å². The zero-order chi connectivity index (χ0) is 14.4. The summed E-state index contributed by atoms with van der Waals surface area (Å²) < 4.78 is 22.6. The van der Waals surface area contributed by atoms with Gasteiger partial charge in [-0.15, -0.1) is 13.2 Å². The summed E-state index contributed by atoms with van der Waals surface area (Å²) in [6.07, 6.45) is 3.72. The quantitative estimate of drug-likeness (QED) is 0.280. The molecule has 0 aromatic rings. The molecule has 0 radical (unpaired) electrons. The highest BCUT2D eigenvalue weighted by Crippen LogP contribution is 2.20. The van der Waals surface area contributed by atoms with Gasteiger partial charge in [-0.2, -0.15) is 0 Å². The van der Waals surface area contributed by atoms with Crippen LogP contribution in [0.25, 0.3) is 0 Å². The molecule has 0 spiro atoms. The molecule has 0 fully saturated rings. The van der Waals surface area contributed by atoms with Gasteiger partial charge in [0.05, 0.1) is 26.4 Å². The number of allylic oxidation sites excluding steroid dienone is 2. The van der Waals surface area contributed by atoms with E-state index in [0.717, 1.165) is 12.1 Å². The van der Waals surface area contributed by atoms with Gasteiger partial charge >= 0.3 is 8.56 Å². The van der Waals surface area contributed by atoms with Crippen LogP contribution in [0.4, 0.5) is 0 Å². The Balaban J connectivity index is 4.29. The average molecular weight is 288 g/mol. The van der Waals surface area contributed by atoms with Gasteiger partial charge in [0.2, 0.25) is 0 Å². The van der Waals surface area contributed by atoms with Crippen molar-refractivity contribution in [2.24, 2.45) is 0 Å². The molecule has 0 aliphatic heterocycles. The molecule has 5 heteroatoms. The van der Waals surface area contributed by atoms with Gasteiger partial charge in [0.25, 0.3) is 0 Å². The van der Waals surface area contributed by atoms with Gasteiger partial charge in [0, 0.05) is 25.3 Å². The van der Waals surface area contributed by atoms with Crippen LogP contribution >= 0.6 is 0 Å². The normalized spacial score (nSPS) is 11.5. The van der Waals surface area contributed by atoms with Crippen molar-refractivity contribution < 1.29 is 18.3 Å². The molecule has 0 N–H and O–H groups in total. The molecule has 4 nitrogen and oxygen atoms in total. The van der Waals surface area contributed by atoms with Crippen LogP contribution in [0.3, 0.4) is 0 Å². The molecule has 0 rings (SSSR count). The Labute approximate surface area is 118 Å². The van der Waals surface area contributed by atoms with Gasteiger partial charge < -0.3 is 18.3 Å². The lowest BCUT2D eigenvalue weighted by molar-refractivity contribution is 0.0660. The molecule has 0 aromatic carbocycles. The minimum atomic E-state index is -2.29. The van der Waals surface area contributed by atoms with E-state index in [1.165, 1.54) is 0 Å². The van der Waals surface area contributed by atoms with Gasteiger partial charge in [0.1, 0.15) is 0 Å². The summed E-state index contributed by atoms with van der Waals surface area (Å²) in [5, 5.41) is 0. The van der Waals surface area contributed by atoms with Crippen LogP contribution in [-0.2, 0) is 18.3 Å². The maximum Gasteiger partial charge on any atom is 0.346 e. The van der Waals surface area contributed by atoms with Gasteiger partial charge in [-0.1, -0.05) is 12.2 Å². The monoisotopic (exact) mass is 288 g/mol. The molecular weight excluding hydrogens is 260 g/mol. The van der Waals surface area contributed by atoms with Gasteiger partial charge in [-0.25, -0.2) is 0 Å². The zero-order valence-corrected chi connectivity index (χ0v) is 13.4. The summed E-state index contributed by atoms with van der Waals surface area (Å²) in [7, 11) is -2.29. The summed E-state index contributed by atoms with van der Waals surface area (Å²) in [4.78, 5) is 0. The zero-order valence-electron chi connectivity index (χ0n) is 12.4. The van der Waals surface area contributed by atoms with Crippen LogP contribution in [0.5, 0.6) is 0 Å². The third-order valence-electron chi connectivity index (χ3n) is 2.50. The summed E-state index contributed by atoms with van der Waals surface area (Å²) in [6, 6.07) is 1.49. The smallest absolute Gasteiger partial charge is 0.346 e. The topological polar surface area (TPSA) is 36.9 Å². The molecule has 0 bridgehead atoms. The SMILES string of the molecule is C=CC[Si](CC=C)(OCCOCC)OCCOCC. The average Bonchev–Trinajstić information content (AvgIpc) is 2.41. The van der Waals surface area contributed by atoms with Crippen LogP contribution in [-0.4, -0.2) is 48.2 Å². The van der Waals surface area contributed by atoms with E-state index in [2.05, 4.69) is 13.2 Å². The minimum absolute atomic E-state index is 0.552. The van der Waals surface area contributed by atoms with Crippen molar-refractivity contribution in [3.05, 3.63) is 25.3 Å². The molecule has 0 atom stereocenters. The van der Waals surface area contributed by atoms with Crippen molar-refractivity contribution in [1.82, 2.24) is 0 Å². The number of rotatable bonds is 14. The molecule has 0 aromatic heterocycles. The van der Waals surface area contributed by atoms with Crippen LogP contribution in [0.15, 0.2) is 25.3 Å². The predicted octanol–water partition coefficient (Wildman–Crippen LogP) is 2.91. The minimum Gasteiger partial charge on any atom is -0.391 e. The highest BCUT2D eigenvalue weighted by molar-refractivity contribution is 6.68. The lowest BCUT2D eigenvalue weighted by Gasteiger charge is -2.29. The molecule has 0 saturated carbocycles. The van der Waals surface area contributed by atoms with E-state index in [0.29, 0.717) is 39.6 Å². The van der Waals surface area contributed by atoms with E-state index in [9.17, 15) is 0 Å². The van der Waals surface area contributed by atoms with Gasteiger partial charge in [0.15, 0.2) is 0 Å². The number of hydrogen-bond donors (Lipinski definition) is 0. The second kappa shape index (κ2) is 12.6. The summed E-state index contributed by atoms with van der Waals surface area (Å²) >= 11 is 0. The largest absolute Gasteiger partial charge is 0.391 e. The second-order valence-corrected chi connectivity index (χ2v) is 7.20. The maximum absolute atomic E-state index is 5.99. The van der Waals surface area contributed by atoms with Crippen molar-refractivity contribution in [2.75, 3.05) is 39.6 Å². The van der Waals surface area contributed by atoms with Crippen LogP contribution in [0, 0.1) is 0 Å². The Hall–Kier alpha value is -0.463. The molecule has 0 aliphatic rings. The molecule has 112 valence electrons. The Morgan fingerprint density at radius 2 is 1.21 bits per heavy atom. The fourth-order valence-corrected chi connectivity index (χ4v) is 4.17. The Morgan fingerprint density at radius 1 is 0.789 bits per heavy atom. The third kappa shape index (κ3) is 9.13. The molecular formula is C14H28O4Si. The van der Waals surface area contributed by atoms with Crippen molar-refractivity contribution in [1.29, 1.82) is 0 Å². The maximum atomic E-state index is 5.99. The Morgan fingerprint density at radius 3 is 1.53 bits per heavy atom. The first-order valence-electron chi connectivity index (χ1n) is 6.89. The standard InChI is InChI=1S/C14H28O4Si/c1-5-13-19(14-6-2,17-11-9-15-7-3)18-12-10-16-8-4/h5-6H,1-2,7-14H2,3-4H3. The Kier molecular flexibility index (Phi) is 12.3. The van der Waals surface area contributed by atoms with Crippen molar-refractivity contribution in [3.63, 3.8) is 0 Å². The summed E-state index contributed by atoms with van der Waals surface area (Å²) in [5.74, 6) is 0. The van der Waals surface area contributed by atoms with E-state index >= 15 is 0 Å². The second-order valence-electron chi connectivity index (χ2n) is 3.99. The first-order chi connectivity index (χ1) is 9.24. The first kappa shape index (κ1) is 18.5. The van der Waals surface area contributed by atoms with E-state index in [4.69, 9.17) is 18.3 Å². The summed E-state index contributed by atoms with van der Waals surface area (Å²) in [5.41, 5.74) is 0. The molecule has 0 saturated heterocycles. The molecule has 0 amide bonds.